The highest BCUT2D eigenvalue weighted by Crippen LogP contribution is 2.28. The van der Waals surface area contributed by atoms with E-state index >= 15 is 0 Å². The third kappa shape index (κ3) is 3.34. The van der Waals surface area contributed by atoms with E-state index in [9.17, 15) is 4.79 Å². The van der Waals surface area contributed by atoms with Gasteiger partial charge in [0.25, 0.3) is 0 Å². The summed E-state index contributed by atoms with van der Waals surface area (Å²) >= 11 is 1.62. The summed E-state index contributed by atoms with van der Waals surface area (Å²) in [7, 11) is 0. The molecule has 1 saturated heterocycles. The molecule has 0 radical (unpaired) electrons. The first-order chi connectivity index (χ1) is 9.04. The molecule has 1 fully saturated rings. The van der Waals surface area contributed by atoms with Crippen LogP contribution in [0.25, 0.3) is 0 Å². The van der Waals surface area contributed by atoms with Crippen molar-refractivity contribution >= 4 is 17.3 Å². The molecule has 0 saturated carbocycles. The number of rotatable bonds is 5. The Labute approximate surface area is 118 Å². The van der Waals surface area contributed by atoms with Gasteiger partial charge in [-0.3, -0.25) is 4.79 Å². The lowest BCUT2D eigenvalue weighted by Gasteiger charge is -2.19. The summed E-state index contributed by atoms with van der Waals surface area (Å²) in [6, 6.07) is 0. The predicted octanol–water partition coefficient (Wildman–Crippen LogP) is 2.56. The summed E-state index contributed by atoms with van der Waals surface area (Å²) in [5.74, 6) is 0.362. The third-order valence-electron chi connectivity index (χ3n) is 3.47. The highest BCUT2D eigenvalue weighted by Gasteiger charge is 2.34. The summed E-state index contributed by atoms with van der Waals surface area (Å²) in [6.45, 7) is 7.64. The Balaban J connectivity index is 2.04. The van der Waals surface area contributed by atoms with Gasteiger partial charge < -0.3 is 9.47 Å². The molecule has 106 valence electrons. The van der Waals surface area contributed by atoms with Crippen molar-refractivity contribution in [1.29, 1.82) is 0 Å². The van der Waals surface area contributed by atoms with Crippen LogP contribution in [0, 0.1) is 5.92 Å². The fourth-order valence-electron chi connectivity index (χ4n) is 2.10. The second kappa shape index (κ2) is 6.01. The molecule has 5 heteroatoms. The molecule has 0 N–H and O–H groups in total. The van der Waals surface area contributed by atoms with Crippen LogP contribution in [0.1, 0.15) is 37.9 Å². The molecule has 0 aromatic carbocycles. The van der Waals surface area contributed by atoms with Gasteiger partial charge in [-0.1, -0.05) is 0 Å². The molecule has 2 heterocycles. The van der Waals surface area contributed by atoms with Crippen molar-refractivity contribution in [3.05, 3.63) is 16.1 Å². The van der Waals surface area contributed by atoms with E-state index in [0.717, 1.165) is 36.8 Å². The maximum atomic E-state index is 11.9. The van der Waals surface area contributed by atoms with Crippen molar-refractivity contribution in [1.82, 2.24) is 4.98 Å². The molecule has 4 nitrogen and oxygen atoms in total. The van der Waals surface area contributed by atoms with Crippen molar-refractivity contribution in [3.63, 3.8) is 0 Å². The summed E-state index contributed by atoms with van der Waals surface area (Å²) in [5.41, 5.74) is 0.140. The minimum Gasteiger partial charge on any atom is -0.465 e. The van der Waals surface area contributed by atoms with Gasteiger partial charge in [-0.15, -0.1) is 11.3 Å². The number of esters is 1. The van der Waals surface area contributed by atoms with E-state index in [-0.39, 0.29) is 5.97 Å². The van der Waals surface area contributed by atoms with Crippen LogP contribution < -0.4 is 0 Å². The summed E-state index contributed by atoms with van der Waals surface area (Å²) in [4.78, 5) is 16.6. The molecule has 1 aliphatic heterocycles. The Morgan fingerprint density at radius 2 is 2.42 bits per heavy atom. The van der Waals surface area contributed by atoms with Gasteiger partial charge in [-0.05, 0) is 33.1 Å². The van der Waals surface area contributed by atoms with Crippen LogP contribution in [0.3, 0.4) is 0 Å². The second-order valence-electron chi connectivity index (χ2n) is 5.41. The molecule has 19 heavy (non-hydrogen) atoms. The lowest BCUT2D eigenvalue weighted by molar-refractivity contribution is -0.148. The number of aromatic nitrogens is 1. The largest absolute Gasteiger partial charge is 0.465 e. The molecule has 2 rings (SSSR count). The highest BCUT2D eigenvalue weighted by molar-refractivity contribution is 7.09. The predicted molar refractivity (Wildman–Crippen MR) is 74.4 cm³/mol. The van der Waals surface area contributed by atoms with Gasteiger partial charge in [0.15, 0.2) is 0 Å². The van der Waals surface area contributed by atoms with E-state index in [0.29, 0.717) is 12.5 Å². The average Bonchev–Trinajstić information content (AvgIpc) is 3.01. The Hall–Kier alpha value is -0.940. The van der Waals surface area contributed by atoms with Gasteiger partial charge in [0.1, 0.15) is 5.41 Å². The van der Waals surface area contributed by atoms with Gasteiger partial charge in [0.05, 0.1) is 17.3 Å². The lowest BCUT2D eigenvalue weighted by Crippen LogP contribution is -2.31. The highest BCUT2D eigenvalue weighted by atomic mass is 32.1. The number of carbonyl (C=O) groups excluding carboxylic acids is 1. The van der Waals surface area contributed by atoms with Crippen LogP contribution >= 0.6 is 11.3 Å². The Morgan fingerprint density at radius 1 is 1.63 bits per heavy atom. The van der Waals surface area contributed by atoms with Crippen molar-refractivity contribution in [3.8, 4) is 0 Å². The first-order valence-electron chi connectivity index (χ1n) is 6.74. The van der Waals surface area contributed by atoms with Crippen LogP contribution in [0.5, 0.6) is 0 Å². The van der Waals surface area contributed by atoms with Crippen molar-refractivity contribution in [2.24, 2.45) is 5.92 Å². The number of nitrogens with zero attached hydrogens (tertiary/aromatic N) is 1. The summed E-state index contributed by atoms with van der Waals surface area (Å²) < 4.78 is 10.5. The molecule has 1 aromatic heterocycles. The topological polar surface area (TPSA) is 48.4 Å². The summed E-state index contributed by atoms with van der Waals surface area (Å²) in [5, 5.41) is 3.06. The number of hydrogen-bond acceptors (Lipinski definition) is 5. The minimum atomic E-state index is -0.670. The van der Waals surface area contributed by atoms with E-state index < -0.39 is 5.41 Å². The third-order valence-corrected chi connectivity index (χ3v) is 4.34. The molecular formula is C14H21NO3S. The van der Waals surface area contributed by atoms with E-state index in [1.54, 1.807) is 11.3 Å². The van der Waals surface area contributed by atoms with Gasteiger partial charge >= 0.3 is 5.97 Å². The smallest absolute Gasteiger partial charge is 0.317 e. The van der Waals surface area contributed by atoms with Crippen molar-refractivity contribution < 1.29 is 14.3 Å². The molecule has 1 aromatic rings. The van der Waals surface area contributed by atoms with E-state index in [4.69, 9.17) is 9.47 Å². The van der Waals surface area contributed by atoms with Gasteiger partial charge in [0, 0.05) is 25.0 Å². The van der Waals surface area contributed by atoms with Crippen molar-refractivity contribution in [2.75, 3.05) is 19.8 Å². The SMILES string of the molecule is CCOC(=O)C(C)(C)c1csc(CC2CCOC2)n1. The maximum Gasteiger partial charge on any atom is 0.317 e. The molecule has 0 amide bonds. The van der Waals surface area contributed by atoms with E-state index in [1.807, 2.05) is 26.2 Å². The lowest BCUT2D eigenvalue weighted by atomic mass is 9.90. The molecule has 1 aliphatic rings. The molecule has 0 spiro atoms. The Kier molecular flexibility index (Phi) is 4.58. The molecule has 1 atom stereocenters. The van der Waals surface area contributed by atoms with E-state index in [1.165, 1.54) is 0 Å². The molecule has 0 bridgehead atoms. The number of thiazole rings is 1. The second-order valence-corrected chi connectivity index (χ2v) is 6.35. The van der Waals surface area contributed by atoms with Crippen LogP contribution in [0.4, 0.5) is 0 Å². The normalized spacial score (nSPS) is 19.6. The van der Waals surface area contributed by atoms with Crippen molar-refractivity contribution in [2.45, 2.75) is 39.0 Å². The van der Waals surface area contributed by atoms with Crippen LogP contribution in [0.15, 0.2) is 5.38 Å². The van der Waals surface area contributed by atoms with Gasteiger partial charge in [-0.25, -0.2) is 4.98 Å². The number of hydrogen-bond donors (Lipinski definition) is 0. The maximum absolute atomic E-state index is 11.9. The van der Waals surface area contributed by atoms with Crippen LogP contribution in [-0.2, 0) is 26.1 Å². The fourth-order valence-corrected chi connectivity index (χ4v) is 3.18. The quantitative estimate of drug-likeness (QED) is 0.779. The average molecular weight is 283 g/mol. The van der Waals surface area contributed by atoms with Crippen LogP contribution in [0.2, 0.25) is 0 Å². The zero-order valence-corrected chi connectivity index (χ0v) is 12.6. The van der Waals surface area contributed by atoms with Gasteiger partial charge in [-0.2, -0.15) is 0 Å². The molecular weight excluding hydrogens is 262 g/mol. The first kappa shape index (κ1) is 14.5. The Morgan fingerprint density at radius 3 is 3.05 bits per heavy atom. The molecule has 1 unspecified atom stereocenters. The number of ether oxygens (including phenoxy) is 2. The van der Waals surface area contributed by atoms with E-state index in [2.05, 4.69) is 4.98 Å². The monoisotopic (exact) mass is 283 g/mol. The zero-order valence-electron chi connectivity index (χ0n) is 11.8. The summed E-state index contributed by atoms with van der Waals surface area (Å²) in [6.07, 6.45) is 2.06. The van der Waals surface area contributed by atoms with Crippen LogP contribution in [-0.4, -0.2) is 30.8 Å². The van der Waals surface area contributed by atoms with Gasteiger partial charge in [0.2, 0.25) is 0 Å². The molecule has 0 aliphatic carbocycles. The Bertz CT molecular complexity index is 436. The number of carbonyl (C=O) groups is 1. The fraction of sp³-hybridized carbons (Fsp3) is 0.714. The minimum absolute atomic E-state index is 0.212. The zero-order chi connectivity index (χ0) is 13.9. The first-order valence-corrected chi connectivity index (χ1v) is 7.62. The standard InChI is InChI=1S/C14H21NO3S/c1-4-18-13(16)14(2,3)11-9-19-12(15-11)7-10-5-6-17-8-10/h9-10H,4-8H2,1-3H3.